The summed E-state index contributed by atoms with van der Waals surface area (Å²) in [6.07, 6.45) is 1.23. The van der Waals surface area contributed by atoms with Crippen molar-refractivity contribution in [2.45, 2.75) is 19.8 Å². The summed E-state index contributed by atoms with van der Waals surface area (Å²) in [5, 5.41) is 3.30. The second-order valence-electron chi connectivity index (χ2n) is 3.52. The monoisotopic (exact) mass is 285 g/mol. The fourth-order valence-electron chi connectivity index (χ4n) is 1.36. The van der Waals surface area contributed by atoms with Gasteiger partial charge in [0.15, 0.2) is 0 Å². The van der Waals surface area contributed by atoms with Gasteiger partial charge in [-0.25, -0.2) is 0 Å². The topological polar surface area (TPSA) is 38.3 Å². The maximum Gasteiger partial charge on any atom is 0.305 e. The SMILES string of the molecule is COC(=O)CCCNc1cccc(Br)c1C. The minimum atomic E-state index is -0.159. The number of hydrogen-bond acceptors (Lipinski definition) is 3. The molecular formula is C12H16BrNO2. The van der Waals surface area contributed by atoms with Gasteiger partial charge in [0, 0.05) is 23.1 Å². The third-order valence-corrected chi connectivity index (χ3v) is 3.23. The molecule has 1 rings (SSSR count). The van der Waals surface area contributed by atoms with E-state index in [0.29, 0.717) is 6.42 Å². The Morgan fingerprint density at radius 3 is 2.94 bits per heavy atom. The molecule has 3 nitrogen and oxygen atoms in total. The molecule has 0 bridgehead atoms. The van der Waals surface area contributed by atoms with Crippen molar-refractivity contribution in [3.63, 3.8) is 0 Å². The molecule has 0 spiro atoms. The van der Waals surface area contributed by atoms with Crippen LogP contribution in [0.4, 0.5) is 5.69 Å². The lowest BCUT2D eigenvalue weighted by Crippen LogP contribution is -2.07. The Morgan fingerprint density at radius 1 is 1.50 bits per heavy atom. The van der Waals surface area contributed by atoms with Gasteiger partial charge in [-0.15, -0.1) is 0 Å². The molecule has 0 unspecified atom stereocenters. The third-order valence-electron chi connectivity index (χ3n) is 2.37. The van der Waals surface area contributed by atoms with E-state index in [1.807, 2.05) is 25.1 Å². The summed E-state index contributed by atoms with van der Waals surface area (Å²) in [6.45, 7) is 2.82. The minimum Gasteiger partial charge on any atom is -0.469 e. The summed E-state index contributed by atoms with van der Waals surface area (Å²) >= 11 is 3.48. The number of halogens is 1. The molecule has 0 amide bonds. The summed E-state index contributed by atoms with van der Waals surface area (Å²) in [5.41, 5.74) is 2.28. The highest BCUT2D eigenvalue weighted by molar-refractivity contribution is 9.10. The number of anilines is 1. The first-order valence-corrected chi connectivity index (χ1v) is 6.00. The molecule has 1 aromatic rings. The Balaban J connectivity index is 2.38. The van der Waals surface area contributed by atoms with Gasteiger partial charge in [0.1, 0.15) is 0 Å². The highest BCUT2D eigenvalue weighted by atomic mass is 79.9. The highest BCUT2D eigenvalue weighted by Gasteiger charge is 2.02. The van der Waals surface area contributed by atoms with Gasteiger partial charge < -0.3 is 10.1 Å². The highest BCUT2D eigenvalue weighted by Crippen LogP contribution is 2.23. The van der Waals surface area contributed by atoms with Crippen LogP contribution >= 0.6 is 15.9 Å². The van der Waals surface area contributed by atoms with Gasteiger partial charge in [0.2, 0.25) is 0 Å². The average molecular weight is 286 g/mol. The number of benzene rings is 1. The second kappa shape index (κ2) is 6.53. The van der Waals surface area contributed by atoms with Crippen LogP contribution in [0.1, 0.15) is 18.4 Å². The van der Waals surface area contributed by atoms with E-state index in [2.05, 4.69) is 26.0 Å². The molecular weight excluding hydrogens is 270 g/mol. The summed E-state index contributed by atoms with van der Waals surface area (Å²) < 4.78 is 5.66. The molecule has 1 N–H and O–H groups in total. The molecule has 0 atom stereocenters. The molecule has 0 aromatic heterocycles. The van der Waals surface area contributed by atoms with Gasteiger partial charge >= 0.3 is 5.97 Å². The van der Waals surface area contributed by atoms with Crippen LogP contribution in [0, 0.1) is 6.92 Å². The molecule has 0 fully saturated rings. The smallest absolute Gasteiger partial charge is 0.305 e. The van der Waals surface area contributed by atoms with E-state index in [1.54, 1.807) is 0 Å². The number of carbonyl (C=O) groups is 1. The molecule has 0 aliphatic heterocycles. The van der Waals surface area contributed by atoms with Crippen LogP contribution in [0.15, 0.2) is 22.7 Å². The van der Waals surface area contributed by atoms with Crippen molar-refractivity contribution in [1.29, 1.82) is 0 Å². The van der Waals surface area contributed by atoms with Crippen molar-refractivity contribution < 1.29 is 9.53 Å². The number of rotatable bonds is 5. The van der Waals surface area contributed by atoms with Crippen molar-refractivity contribution in [2.24, 2.45) is 0 Å². The predicted molar refractivity (Wildman–Crippen MR) is 68.6 cm³/mol. The predicted octanol–water partition coefficient (Wildman–Crippen LogP) is 3.12. The zero-order chi connectivity index (χ0) is 12.0. The van der Waals surface area contributed by atoms with Crippen molar-refractivity contribution in [3.8, 4) is 0 Å². The molecule has 0 saturated carbocycles. The normalized spacial score (nSPS) is 9.94. The van der Waals surface area contributed by atoms with Crippen LogP contribution in [0.5, 0.6) is 0 Å². The number of ether oxygens (including phenoxy) is 1. The fraction of sp³-hybridized carbons (Fsp3) is 0.417. The second-order valence-corrected chi connectivity index (χ2v) is 4.37. The number of methoxy groups -OCH3 is 1. The quantitative estimate of drug-likeness (QED) is 0.667. The van der Waals surface area contributed by atoms with Gasteiger partial charge in [0.05, 0.1) is 7.11 Å². The number of esters is 1. The van der Waals surface area contributed by atoms with Gasteiger partial charge in [-0.05, 0) is 31.0 Å². The molecule has 0 saturated heterocycles. The summed E-state index contributed by atoms with van der Waals surface area (Å²) in [7, 11) is 1.41. The molecule has 16 heavy (non-hydrogen) atoms. The fourth-order valence-corrected chi connectivity index (χ4v) is 1.72. The van der Waals surface area contributed by atoms with Crippen molar-refractivity contribution in [3.05, 3.63) is 28.2 Å². The third kappa shape index (κ3) is 3.85. The van der Waals surface area contributed by atoms with Gasteiger partial charge in [-0.2, -0.15) is 0 Å². The maximum atomic E-state index is 10.9. The minimum absolute atomic E-state index is 0.159. The average Bonchev–Trinajstić information content (AvgIpc) is 2.29. The van der Waals surface area contributed by atoms with E-state index in [1.165, 1.54) is 12.7 Å². The van der Waals surface area contributed by atoms with E-state index in [9.17, 15) is 4.79 Å². The Bertz CT molecular complexity index is 366. The molecule has 0 aliphatic carbocycles. The van der Waals surface area contributed by atoms with E-state index >= 15 is 0 Å². The first-order valence-electron chi connectivity index (χ1n) is 5.21. The first-order chi connectivity index (χ1) is 7.65. The molecule has 0 radical (unpaired) electrons. The van der Waals surface area contributed by atoms with Crippen LogP contribution in [0.25, 0.3) is 0 Å². The first kappa shape index (κ1) is 13.0. The lowest BCUT2D eigenvalue weighted by Gasteiger charge is -2.10. The summed E-state index contributed by atoms with van der Waals surface area (Å²) in [6, 6.07) is 6.02. The molecule has 1 aromatic carbocycles. The van der Waals surface area contributed by atoms with Gasteiger partial charge in [0.25, 0.3) is 0 Å². The van der Waals surface area contributed by atoms with Crippen LogP contribution in [0.3, 0.4) is 0 Å². The van der Waals surface area contributed by atoms with E-state index in [-0.39, 0.29) is 5.97 Å². The Labute approximate surface area is 104 Å². The zero-order valence-electron chi connectivity index (χ0n) is 9.55. The zero-order valence-corrected chi connectivity index (χ0v) is 11.1. The lowest BCUT2D eigenvalue weighted by atomic mass is 10.2. The molecule has 4 heteroatoms. The van der Waals surface area contributed by atoms with E-state index in [0.717, 1.165) is 23.1 Å². The lowest BCUT2D eigenvalue weighted by molar-refractivity contribution is -0.140. The molecule has 0 aliphatic rings. The summed E-state index contributed by atoms with van der Waals surface area (Å²) in [4.78, 5) is 10.9. The van der Waals surface area contributed by atoms with Crippen LogP contribution < -0.4 is 5.32 Å². The van der Waals surface area contributed by atoms with E-state index < -0.39 is 0 Å². The molecule has 0 heterocycles. The largest absolute Gasteiger partial charge is 0.469 e. The number of hydrogen-bond donors (Lipinski definition) is 1. The van der Waals surface area contributed by atoms with Crippen LogP contribution in [-0.4, -0.2) is 19.6 Å². The van der Waals surface area contributed by atoms with Crippen molar-refractivity contribution >= 4 is 27.6 Å². The van der Waals surface area contributed by atoms with E-state index in [4.69, 9.17) is 0 Å². The Hall–Kier alpha value is -1.03. The van der Waals surface area contributed by atoms with Crippen LogP contribution in [-0.2, 0) is 9.53 Å². The Morgan fingerprint density at radius 2 is 2.25 bits per heavy atom. The van der Waals surface area contributed by atoms with Crippen molar-refractivity contribution in [1.82, 2.24) is 0 Å². The molecule has 88 valence electrons. The summed E-state index contributed by atoms with van der Waals surface area (Å²) in [5.74, 6) is -0.159. The van der Waals surface area contributed by atoms with Crippen molar-refractivity contribution in [2.75, 3.05) is 19.0 Å². The van der Waals surface area contributed by atoms with Crippen LogP contribution in [0.2, 0.25) is 0 Å². The number of carbonyl (C=O) groups excluding carboxylic acids is 1. The van der Waals surface area contributed by atoms with Gasteiger partial charge in [-0.3, -0.25) is 4.79 Å². The van der Waals surface area contributed by atoms with Gasteiger partial charge in [-0.1, -0.05) is 22.0 Å². The number of nitrogens with one attached hydrogen (secondary N) is 1. The standard InChI is InChI=1S/C12H16BrNO2/c1-9-10(13)5-3-6-11(9)14-8-4-7-12(15)16-2/h3,5-6,14H,4,7-8H2,1-2H3. The maximum absolute atomic E-state index is 10.9. The Kier molecular flexibility index (Phi) is 5.32.